The highest BCUT2D eigenvalue weighted by Gasteiger charge is 2.26. The second kappa shape index (κ2) is 13.3. The highest BCUT2D eigenvalue weighted by Crippen LogP contribution is 2.38. The van der Waals surface area contributed by atoms with Crippen molar-refractivity contribution >= 4 is 23.2 Å². The Balaban J connectivity index is 1.76. The third kappa shape index (κ3) is 8.91. The van der Waals surface area contributed by atoms with Crippen molar-refractivity contribution < 1.29 is 10.2 Å². The lowest BCUT2D eigenvalue weighted by Gasteiger charge is -2.27. The van der Waals surface area contributed by atoms with Crippen LogP contribution in [0.2, 0.25) is 0 Å². The summed E-state index contributed by atoms with van der Waals surface area (Å²) >= 11 is 0. The topological polar surface area (TPSA) is 65.2 Å². The molecule has 47 heavy (non-hydrogen) atoms. The van der Waals surface area contributed by atoms with Crippen molar-refractivity contribution in [3.05, 3.63) is 106 Å². The van der Waals surface area contributed by atoms with Crippen LogP contribution in [0, 0.1) is 0 Å². The van der Waals surface area contributed by atoms with E-state index in [1.54, 1.807) is 6.21 Å². The molecular weight excluding hydrogens is 576 g/mol. The molecule has 0 unspecified atom stereocenters. The second-order valence-electron chi connectivity index (χ2n) is 17.2. The molecule has 0 spiro atoms. The van der Waals surface area contributed by atoms with Gasteiger partial charge in [-0.25, -0.2) is 0 Å². The van der Waals surface area contributed by atoms with Crippen molar-refractivity contribution in [3.8, 4) is 11.5 Å². The monoisotopic (exact) mass is 632 g/mol. The molecule has 1 atom stereocenters. The first-order chi connectivity index (χ1) is 21.6. The largest absolute Gasteiger partial charge is 0.507 e. The summed E-state index contributed by atoms with van der Waals surface area (Å²) in [7, 11) is 0. The third-order valence-electron chi connectivity index (χ3n) is 8.88. The van der Waals surface area contributed by atoms with Crippen LogP contribution in [0.25, 0.3) is 10.8 Å². The van der Waals surface area contributed by atoms with Crippen molar-refractivity contribution in [2.45, 2.75) is 117 Å². The van der Waals surface area contributed by atoms with Crippen LogP contribution in [0.1, 0.15) is 122 Å². The number of phenols is 2. The van der Waals surface area contributed by atoms with Crippen LogP contribution in [0.4, 0.5) is 0 Å². The van der Waals surface area contributed by atoms with Gasteiger partial charge in [0.25, 0.3) is 0 Å². The quantitative estimate of drug-likeness (QED) is 0.199. The molecule has 0 aliphatic rings. The second-order valence-corrected chi connectivity index (χ2v) is 17.2. The Labute approximate surface area is 283 Å². The van der Waals surface area contributed by atoms with Crippen LogP contribution in [0.3, 0.4) is 0 Å². The van der Waals surface area contributed by atoms with Crippen molar-refractivity contribution in [2.75, 3.05) is 6.54 Å². The molecule has 0 aliphatic heterocycles. The van der Waals surface area contributed by atoms with Gasteiger partial charge >= 0.3 is 0 Å². The summed E-state index contributed by atoms with van der Waals surface area (Å²) in [5, 5.41) is 25.2. The predicted octanol–water partition coefficient (Wildman–Crippen LogP) is 10.6. The molecule has 4 nitrogen and oxygen atoms in total. The van der Waals surface area contributed by atoms with Gasteiger partial charge in [0.15, 0.2) is 0 Å². The maximum absolute atomic E-state index is 11.4. The zero-order valence-electron chi connectivity index (χ0n) is 30.8. The molecule has 0 saturated carbocycles. The van der Waals surface area contributed by atoms with Gasteiger partial charge in [0, 0.05) is 34.7 Å². The molecule has 0 fully saturated rings. The molecule has 4 rings (SSSR count). The van der Waals surface area contributed by atoms with Gasteiger partial charge in [-0.15, -0.1) is 0 Å². The first-order valence-electron chi connectivity index (χ1n) is 16.9. The minimum absolute atomic E-state index is 0.0747. The summed E-state index contributed by atoms with van der Waals surface area (Å²) in [5.74, 6) is 0.559. The van der Waals surface area contributed by atoms with Gasteiger partial charge in [-0.1, -0.05) is 138 Å². The van der Waals surface area contributed by atoms with Gasteiger partial charge in [0.05, 0.1) is 12.6 Å². The van der Waals surface area contributed by atoms with E-state index in [2.05, 4.69) is 150 Å². The van der Waals surface area contributed by atoms with Gasteiger partial charge in [-0.3, -0.25) is 9.98 Å². The summed E-state index contributed by atoms with van der Waals surface area (Å²) in [4.78, 5) is 9.98. The SMILES string of the molecule is CC(C)(C)c1cc(C=NC[C@H](Cc2ccc3ccccc3c2)N=Cc2cc(C(C)(C)C)cc(C(C)(C)C)c2O)c(O)c(C(C)(C)C)c1. The Kier molecular flexibility index (Phi) is 10.2. The number of fused-ring (bicyclic) bond motifs is 1. The number of hydrogen-bond acceptors (Lipinski definition) is 4. The van der Waals surface area contributed by atoms with E-state index in [1.807, 2.05) is 6.21 Å². The lowest BCUT2D eigenvalue weighted by atomic mass is 9.79. The number of aliphatic imine (C=N–C) groups is 2. The predicted molar refractivity (Wildman–Crippen MR) is 203 cm³/mol. The number of benzene rings is 4. The fourth-order valence-electron chi connectivity index (χ4n) is 5.78. The normalized spacial score (nSPS) is 14.0. The van der Waals surface area contributed by atoms with E-state index in [1.165, 1.54) is 16.3 Å². The molecule has 4 aromatic carbocycles. The van der Waals surface area contributed by atoms with E-state index in [-0.39, 0.29) is 39.2 Å². The van der Waals surface area contributed by atoms with Gasteiger partial charge in [-0.05, 0) is 67.7 Å². The van der Waals surface area contributed by atoms with E-state index >= 15 is 0 Å². The zero-order valence-corrected chi connectivity index (χ0v) is 30.8. The minimum Gasteiger partial charge on any atom is -0.507 e. The van der Waals surface area contributed by atoms with E-state index < -0.39 is 0 Å². The molecule has 4 heteroatoms. The molecule has 0 amide bonds. The first-order valence-corrected chi connectivity index (χ1v) is 16.9. The average Bonchev–Trinajstić information content (AvgIpc) is 2.94. The molecule has 0 aliphatic carbocycles. The molecule has 0 heterocycles. The van der Waals surface area contributed by atoms with E-state index in [4.69, 9.17) is 9.98 Å². The molecule has 0 radical (unpaired) electrons. The van der Waals surface area contributed by atoms with Crippen LogP contribution in [0.5, 0.6) is 11.5 Å². The van der Waals surface area contributed by atoms with Gasteiger partial charge < -0.3 is 10.2 Å². The molecule has 2 N–H and O–H groups in total. The molecule has 250 valence electrons. The third-order valence-corrected chi connectivity index (χ3v) is 8.88. The van der Waals surface area contributed by atoms with Crippen molar-refractivity contribution in [3.63, 3.8) is 0 Å². The van der Waals surface area contributed by atoms with Crippen molar-refractivity contribution in [2.24, 2.45) is 9.98 Å². The lowest BCUT2D eigenvalue weighted by Crippen LogP contribution is -2.18. The first kappa shape index (κ1) is 35.9. The Bertz CT molecular complexity index is 1780. The smallest absolute Gasteiger partial charge is 0.128 e. The molecular formula is C43H56N2O2. The Hall–Kier alpha value is -3.92. The Morgan fingerprint density at radius 1 is 0.574 bits per heavy atom. The standard InChI is InChI=1S/C43H56N2O2/c1-40(2,3)33-21-31(38(46)36(23-33)42(7,8)9)25-44-27-35(20-28-17-18-29-15-13-14-16-30(29)19-28)45-26-32-22-34(41(4,5)6)24-37(39(32)47)43(10,11)12/h13-19,21-26,35,46-47H,20,27H2,1-12H3/t35-/m0/s1. The van der Waals surface area contributed by atoms with Crippen LogP contribution < -0.4 is 0 Å². The zero-order chi connectivity index (χ0) is 34.9. The summed E-state index contributed by atoms with van der Waals surface area (Å²) in [6.45, 7) is 26.3. The number of hydrogen-bond donors (Lipinski definition) is 2. The van der Waals surface area contributed by atoms with Gasteiger partial charge in [0.2, 0.25) is 0 Å². The maximum atomic E-state index is 11.4. The van der Waals surface area contributed by atoms with Crippen LogP contribution in [-0.4, -0.2) is 35.2 Å². The average molecular weight is 633 g/mol. The summed E-state index contributed by atoms with van der Waals surface area (Å²) in [6.07, 6.45) is 4.32. The molecule has 4 aromatic rings. The number of phenolic OH excluding ortho intramolecular Hbond substituents is 2. The number of aromatic hydroxyl groups is 2. The van der Waals surface area contributed by atoms with Crippen LogP contribution in [-0.2, 0) is 28.1 Å². The lowest BCUT2D eigenvalue weighted by molar-refractivity contribution is 0.443. The van der Waals surface area contributed by atoms with E-state index in [0.29, 0.717) is 13.0 Å². The minimum atomic E-state index is -0.224. The number of nitrogens with zero attached hydrogens (tertiary/aromatic N) is 2. The van der Waals surface area contributed by atoms with Crippen molar-refractivity contribution in [1.29, 1.82) is 0 Å². The van der Waals surface area contributed by atoms with Crippen LogP contribution >= 0.6 is 0 Å². The highest BCUT2D eigenvalue weighted by molar-refractivity contribution is 5.86. The van der Waals surface area contributed by atoms with Gasteiger partial charge in [0.1, 0.15) is 11.5 Å². The summed E-state index contributed by atoms with van der Waals surface area (Å²) < 4.78 is 0. The van der Waals surface area contributed by atoms with E-state index in [0.717, 1.165) is 33.4 Å². The number of rotatable bonds is 7. The molecule has 0 aromatic heterocycles. The molecule has 0 bridgehead atoms. The fourth-order valence-corrected chi connectivity index (χ4v) is 5.78. The highest BCUT2D eigenvalue weighted by atomic mass is 16.3. The maximum Gasteiger partial charge on any atom is 0.128 e. The van der Waals surface area contributed by atoms with Gasteiger partial charge in [-0.2, -0.15) is 0 Å². The van der Waals surface area contributed by atoms with Crippen LogP contribution in [0.15, 0.2) is 76.7 Å². The Morgan fingerprint density at radius 2 is 1.06 bits per heavy atom. The molecule has 0 saturated heterocycles. The Morgan fingerprint density at radius 3 is 1.55 bits per heavy atom. The van der Waals surface area contributed by atoms with Crippen molar-refractivity contribution in [1.82, 2.24) is 0 Å². The van der Waals surface area contributed by atoms with E-state index in [9.17, 15) is 10.2 Å². The summed E-state index contributed by atoms with van der Waals surface area (Å²) in [5.41, 5.74) is 6.18. The fraction of sp³-hybridized carbons (Fsp3) is 0.442. The summed E-state index contributed by atoms with van der Waals surface area (Å²) in [6, 6.07) is 23.1.